The van der Waals surface area contributed by atoms with Crippen molar-refractivity contribution >= 4 is 27.9 Å². The summed E-state index contributed by atoms with van der Waals surface area (Å²) >= 11 is 3.06. The average molecular weight is 249 g/mol. The largest absolute Gasteiger partial charge is 0.374 e. The van der Waals surface area contributed by atoms with E-state index in [1.54, 1.807) is 11.3 Å². The normalized spacial score (nSPS) is 10.0. The molecule has 0 saturated carbocycles. The van der Waals surface area contributed by atoms with E-state index in [4.69, 9.17) is 5.26 Å². The van der Waals surface area contributed by atoms with Gasteiger partial charge in [0.25, 0.3) is 0 Å². The Labute approximate surface area is 103 Å². The van der Waals surface area contributed by atoms with Crippen molar-refractivity contribution in [1.82, 2.24) is 4.37 Å². The topological polar surface area (TPSA) is 48.7 Å². The first kappa shape index (κ1) is 11.1. The maximum Gasteiger partial charge on any atom is 0.127 e. The van der Waals surface area contributed by atoms with Gasteiger partial charge in [0, 0.05) is 6.54 Å². The lowest BCUT2D eigenvalue weighted by molar-refractivity contribution is 1.03. The fourth-order valence-electron chi connectivity index (χ4n) is 1.38. The molecule has 0 aliphatic carbocycles. The van der Waals surface area contributed by atoms with Crippen molar-refractivity contribution < 1.29 is 0 Å². The maximum atomic E-state index is 8.95. The van der Waals surface area contributed by atoms with Crippen LogP contribution in [0.25, 0.3) is 0 Å². The Hall–Kier alpha value is -1.38. The van der Waals surface area contributed by atoms with Gasteiger partial charge < -0.3 is 5.32 Å². The third-order valence-corrected chi connectivity index (χ3v) is 3.88. The molecule has 3 nitrogen and oxygen atoms in total. The summed E-state index contributed by atoms with van der Waals surface area (Å²) < 4.78 is 4.16. The third-order valence-electron chi connectivity index (χ3n) is 2.25. The number of hydrogen-bond acceptors (Lipinski definition) is 5. The number of nitrogens with zero attached hydrogens (tertiary/aromatic N) is 2. The molecule has 16 heavy (non-hydrogen) atoms. The van der Waals surface area contributed by atoms with Gasteiger partial charge in [-0.3, -0.25) is 0 Å². The fourth-order valence-corrected chi connectivity index (χ4v) is 2.85. The molecule has 1 N–H and O–H groups in total. The predicted octanol–water partition coefficient (Wildman–Crippen LogP) is 3.04. The predicted molar refractivity (Wildman–Crippen MR) is 68.1 cm³/mol. The zero-order chi connectivity index (χ0) is 11.4. The van der Waals surface area contributed by atoms with E-state index >= 15 is 0 Å². The molecule has 0 bridgehead atoms. The zero-order valence-electron chi connectivity index (χ0n) is 8.86. The van der Waals surface area contributed by atoms with Crippen molar-refractivity contribution in [2.45, 2.75) is 13.3 Å². The van der Waals surface area contributed by atoms with Crippen molar-refractivity contribution in [1.29, 1.82) is 5.26 Å². The van der Waals surface area contributed by atoms with Gasteiger partial charge >= 0.3 is 0 Å². The van der Waals surface area contributed by atoms with E-state index in [-0.39, 0.29) is 0 Å². The van der Waals surface area contributed by atoms with Crippen LogP contribution in [0.3, 0.4) is 0 Å². The number of aromatic nitrogens is 1. The highest BCUT2D eigenvalue weighted by Crippen LogP contribution is 2.23. The van der Waals surface area contributed by atoms with Gasteiger partial charge in [0.15, 0.2) is 0 Å². The van der Waals surface area contributed by atoms with E-state index in [2.05, 4.69) is 32.6 Å². The number of nitriles is 1. The molecule has 2 aromatic heterocycles. The van der Waals surface area contributed by atoms with Crippen LogP contribution in [0.15, 0.2) is 16.8 Å². The number of rotatable bonds is 4. The molecule has 0 radical (unpaired) electrons. The average Bonchev–Trinajstić information content (AvgIpc) is 2.89. The van der Waals surface area contributed by atoms with Crippen molar-refractivity contribution in [3.8, 4) is 6.07 Å². The fraction of sp³-hybridized carbons (Fsp3) is 0.273. The van der Waals surface area contributed by atoms with E-state index in [0.29, 0.717) is 5.56 Å². The minimum atomic E-state index is 0.676. The first-order chi connectivity index (χ1) is 7.81. The van der Waals surface area contributed by atoms with E-state index in [9.17, 15) is 0 Å². The molecule has 0 atom stereocenters. The van der Waals surface area contributed by atoms with Crippen LogP contribution in [0.4, 0.5) is 5.00 Å². The van der Waals surface area contributed by atoms with Crippen LogP contribution >= 0.6 is 22.9 Å². The first-order valence-electron chi connectivity index (χ1n) is 4.92. The van der Waals surface area contributed by atoms with Gasteiger partial charge in [0.05, 0.1) is 5.69 Å². The Bertz CT molecular complexity index is 494. The number of nitrogens with one attached hydrogen (secondary N) is 1. The molecule has 82 valence electrons. The highest BCUT2D eigenvalue weighted by molar-refractivity contribution is 7.10. The Balaban J connectivity index is 1.93. The molecule has 0 saturated heterocycles. The SMILES string of the molecule is Cc1nsc(NCCc2ccsc2)c1C#N. The summed E-state index contributed by atoms with van der Waals surface area (Å²) in [5.41, 5.74) is 2.82. The molecule has 5 heteroatoms. The Kier molecular flexibility index (Phi) is 3.54. The monoisotopic (exact) mass is 249 g/mol. The van der Waals surface area contributed by atoms with Gasteiger partial charge in [0.1, 0.15) is 16.6 Å². The van der Waals surface area contributed by atoms with Crippen molar-refractivity contribution in [3.63, 3.8) is 0 Å². The zero-order valence-corrected chi connectivity index (χ0v) is 10.5. The molecule has 0 fully saturated rings. The van der Waals surface area contributed by atoms with Crippen LogP contribution in [-0.2, 0) is 6.42 Å². The molecule has 2 aromatic rings. The number of aryl methyl sites for hydroxylation is 1. The molecule has 0 aromatic carbocycles. The van der Waals surface area contributed by atoms with Gasteiger partial charge in [-0.1, -0.05) is 0 Å². The Morgan fingerprint density at radius 1 is 1.56 bits per heavy atom. The minimum absolute atomic E-state index is 0.676. The molecule has 0 unspecified atom stereocenters. The van der Waals surface area contributed by atoms with E-state index in [0.717, 1.165) is 23.7 Å². The smallest absolute Gasteiger partial charge is 0.127 e. The second-order valence-corrected chi connectivity index (χ2v) is 4.95. The summed E-state index contributed by atoms with van der Waals surface area (Å²) in [4.78, 5) is 0. The second-order valence-electron chi connectivity index (χ2n) is 3.39. The van der Waals surface area contributed by atoms with Gasteiger partial charge in [-0.05, 0) is 47.3 Å². The quantitative estimate of drug-likeness (QED) is 0.906. The van der Waals surface area contributed by atoms with Crippen LogP contribution in [0.5, 0.6) is 0 Å². The van der Waals surface area contributed by atoms with Gasteiger partial charge in [-0.15, -0.1) is 0 Å². The Morgan fingerprint density at radius 3 is 3.12 bits per heavy atom. The summed E-state index contributed by atoms with van der Waals surface area (Å²) in [6.45, 7) is 2.70. The van der Waals surface area contributed by atoms with Crippen molar-refractivity contribution in [2.24, 2.45) is 0 Å². The lowest BCUT2D eigenvalue weighted by Crippen LogP contribution is -2.03. The number of thiophene rings is 1. The highest BCUT2D eigenvalue weighted by Gasteiger charge is 2.08. The van der Waals surface area contributed by atoms with E-state index in [1.165, 1.54) is 17.1 Å². The van der Waals surface area contributed by atoms with Gasteiger partial charge in [-0.2, -0.15) is 21.0 Å². The van der Waals surface area contributed by atoms with E-state index in [1.807, 2.05) is 6.92 Å². The van der Waals surface area contributed by atoms with Gasteiger partial charge in [-0.25, -0.2) is 0 Å². The van der Waals surface area contributed by atoms with E-state index < -0.39 is 0 Å². The van der Waals surface area contributed by atoms with Crippen LogP contribution in [0.1, 0.15) is 16.8 Å². The lowest BCUT2D eigenvalue weighted by atomic mass is 10.2. The van der Waals surface area contributed by atoms with Crippen molar-refractivity contribution in [2.75, 3.05) is 11.9 Å². The summed E-state index contributed by atoms with van der Waals surface area (Å²) in [5.74, 6) is 0. The molecule has 0 aliphatic rings. The maximum absolute atomic E-state index is 8.95. The number of hydrogen-bond donors (Lipinski definition) is 1. The molecular weight excluding hydrogens is 238 g/mol. The number of anilines is 1. The molecule has 2 rings (SSSR count). The molecular formula is C11H11N3S2. The van der Waals surface area contributed by atoms with Crippen LogP contribution < -0.4 is 5.32 Å². The van der Waals surface area contributed by atoms with Crippen LogP contribution in [0, 0.1) is 18.3 Å². The summed E-state index contributed by atoms with van der Waals surface area (Å²) in [6, 6.07) is 4.30. The summed E-state index contributed by atoms with van der Waals surface area (Å²) in [5, 5.41) is 17.3. The molecule has 0 amide bonds. The van der Waals surface area contributed by atoms with Crippen molar-refractivity contribution in [3.05, 3.63) is 33.6 Å². The van der Waals surface area contributed by atoms with Gasteiger partial charge in [0.2, 0.25) is 0 Å². The lowest BCUT2D eigenvalue weighted by Gasteiger charge is -2.01. The summed E-state index contributed by atoms with van der Waals surface area (Å²) in [7, 11) is 0. The van der Waals surface area contributed by atoms with Crippen LogP contribution in [0.2, 0.25) is 0 Å². The molecule has 0 spiro atoms. The minimum Gasteiger partial charge on any atom is -0.374 e. The Morgan fingerprint density at radius 2 is 2.44 bits per heavy atom. The first-order valence-corrected chi connectivity index (χ1v) is 6.64. The highest BCUT2D eigenvalue weighted by atomic mass is 32.1. The molecule has 2 heterocycles. The summed E-state index contributed by atoms with van der Waals surface area (Å²) in [6.07, 6.45) is 0.977. The third kappa shape index (κ3) is 2.40. The van der Waals surface area contributed by atoms with Crippen LogP contribution in [-0.4, -0.2) is 10.9 Å². The standard InChI is InChI=1S/C11H11N3S2/c1-8-10(6-12)11(16-14-8)13-4-2-9-3-5-15-7-9/h3,5,7,13H,2,4H2,1H3. The second kappa shape index (κ2) is 5.10. The molecule has 0 aliphatic heterocycles.